The molecule has 0 aliphatic heterocycles. The Bertz CT molecular complexity index is 601. The fourth-order valence-corrected chi connectivity index (χ4v) is 1.74. The van der Waals surface area contributed by atoms with E-state index in [0.717, 1.165) is 5.69 Å². The molecule has 2 rings (SSSR count). The highest BCUT2D eigenvalue weighted by atomic mass is 19.1. The second kappa shape index (κ2) is 5.14. The largest absolute Gasteiger partial charge is 0.494 e. The fraction of sp³-hybridized carbons (Fsp3) is 0.214. The van der Waals surface area contributed by atoms with Crippen LogP contribution in [0.1, 0.15) is 5.69 Å². The van der Waals surface area contributed by atoms with E-state index < -0.39 is 5.82 Å². The van der Waals surface area contributed by atoms with Crippen molar-refractivity contribution < 1.29 is 9.13 Å². The molecular weight excluding hydrogens is 245 g/mol. The zero-order chi connectivity index (χ0) is 14.0. The van der Waals surface area contributed by atoms with Crippen LogP contribution < -0.4 is 15.4 Å². The number of nitrogens with two attached hydrogens (primary N) is 1. The van der Waals surface area contributed by atoms with E-state index in [1.54, 1.807) is 29.2 Å². The number of rotatable bonds is 3. The number of hydrogen-bond donors (Lipinski definition) is 1. The number of aromatic nitrogens is 1. The van der Waals surface area contributed by atoms with Gasteiger partial charge in [-0.25, -0.2) is 9.37 Å². The molecule has 4 nitrogen and oxygen atoms in total. The zero-order valence-corrected chi connectivity index (χ0v) is 11.1. The number of nitrogens with zero attached hydrogens (tertiary/aromatic N) is 2. The van der Waals surface area contributed by atoms with Crippen LogP contribution in [0.5, 0.6) is 5.75 Å². The first-order chi connectivity index (χ1) is 9.02. The summed E-state index contributed by atoms with van der Waals surface area (Å²) in [5.74, 6) is 0.522. The van der Waals surface area contributed by atoms with Crippen LogP contribution in [0.15, 0.2) is 30.3 Å². The third-order valence-corrected chi connectivity index (χ3v) is 2.98. The minimum atomic E-state index is -0.404. The normalized spacial score (nSPS) is 10.3. The van der Waals surface area contributed by atoms with Gasteiger partial charge in [0, 0.05) is 18.8 Å². The summed E-state index contributed by atoms with van der Waals surface area (Å²) >= 11 is 0. The summed E-state index contributed by atoms with van der Waals surface area (Å²) in [6, 6.07) is 8.35. The second-order valence-electron chi connectivity index (χ2n) is 4.22. The summed E-state index contributed by atoms with van der Waals surface area (Å²) in [5, 5.41) is 0. The standard InChI is InChI=1S/C14H16FN3O/c1-9-12(16)5-7-14(17-9)18(2)10-4-6-13(19-3)11(15)8-10/h4-8H,16H2,1-3H3. The van der Waals surface area contributed by atoms with Crippen molar-refractivity contribution in [2.24, 2.45) is 0 Å². The molecule has 0 amide bonds. The summed E-state index contributed by atoms with van der Waals surface area (Å²) < 4.78 is 18.6. The molecule has 2 N–H and O–H groups in total. The fourth-order valence-electron chi connectivity index (χ4n) is 1.74. The van der Waals surface area contributed by atoms with Gasteiger partial charge in [0.2, 0.25) is 0 Å². The summed E-state index contributed by atoms with van der Waals surface area (Å²) in [7, 11) is 3.26. The molecule has 19 heavy (non-hydrogen) atoms. The van der Waals surface area contributed by atoms with E-state index in [0.29, 0.717) is 17.2 Å². The monoisotopic (exact) mass is 261 g/mol. The van der Waals surface area contributed by atoms with Gasteiger partial charge in [0.05, 0.1) is 18.5 Å². The highest BCUT2D eigenvalue weighted by Gasteiger charge is 2.10. The molecule has 0 fully saturated rings. The quantitative estimate of drug-likeness (QED) is 0.923. The molecule has 0 aliphatic rings. The molecule has 5 heteroatoms. The van der Waals surface area contributed by atoms with E-state index in [1.807, 2.05) is 14.0 Å². The molecule has 0 saturated heterocycles. The van der Waals surface area contributed by atoms with Gasteiger partial charge in [-0.1, -0.05) is 0 Å². The maximum absolute atomic E-state index is 13.7. The van der Waals surface area contributed by atoms with Gasteiger partial charge in [-0.3, -0.25) is 0 Å². The van der Waals surface area contributed by atoms with E-state index in [2.05, 4.69) is 4.98 Å². The van der Waals surface area contributed by atoms with Crippen molar-refractivity contribution in [3.05, 3.63) is 41.8 Å². The third kappa shape index (κ3) is 2.59. The van der Waals surface area contributed by atoms with Crippen LogP contribution in [-0.4, -0.2) is 19.1 Å². The number of pyridine rings is 1. The van der Waals surface area contributed by atoms with Crippen molar-refractivity contribution in [1.82, 2.24) is 4.98 Å². The molecule has 2 aromatic rings. The lowest BCUT2D eigenvalue weighted by atomic mass is 10.2. The number of halogens is 1. The number of nitrogen functional groups attached to an aromatic ring is 1. The summed E-state index contributed by atoms with van der Waals surface area (Å²) in [6.45, 7) is 1.83. The second-order valence-corrected chi connectivity index (χ2v) is 4.22. The van der Waals surface area contributed by atoms with Gasteiger partial charge in [0.1, 0.15) is 5.82 Å². The molecule has 1 heterocycles. The van der Waals surface area contributed by atoms with Crippen LogP contribution >= 0.6 is 0 Å². The maximum Gasteiger partial charge on any atom is 0.167 e. The van der Waals surface area contributed by atoms with Crippen LogP contribution in [0, 0.1) is 12.7 Å². The Morgan fingerprint density at radius 3 is 2.58 bits per heavy atom. The van der Waals surface area contributed by atoms with Crippen molar-refractivity contribution in [2.75, 3.05) is 24.8 Å². The Kier molecular flexibility index (Phi) is 3.55. The minimum absolute atomic E-state index is 0.221. The molecule has 0 spiro atoms. The van der Waals surface area contributed by atoms with Gasteiger partial charge < -0.3 is 15.4 Å². The van der Waals surface area contributed by atoms with Crippen LogP contribution in [0.25, 0.3) is 0 Å². The molecule has 0 bridgehead atoms. The van der Waals surface area contributed by atoms with Crippen molar-refractivity contribution in [3.8, 4) is 5.75 Å². The predicted octanol–water partition coefficient (Wildman–Crippen LogP) is 2.89. The molecule has 0 saturated carbocycles. The van der Waals surface area contributed by atoms with Crippen LogP contribution in [0.4, 0.5) is 21.6 Å². The molecule has 0 aliphatic carbocycles. The van der Waals surface area contributed by atoms with E-state index in [-0.39, 0.29) is 5.75 Å². The molecule has 0 radical (unpaired) electrons. The van der Waals surface area contributed by atoms with Gasteiger partial charge in [0.15, 0.2) is 11.6 Å². The van der Waals surface area contributed by atoms with E-state index in [1.165, 1.54) is 13.2 Å². The average Bonchev–Trinajstić information content (AvgIpc) is 2.41. The Morgan fingerprint density at radius 2 is 2.00 bits per heavy atom. The van der Waals surface area contributed by atoms with Crippen molar-refractivity contribution in [3.63, 3.8) is 0 Å². The first-order valence-corrected chi connectivity index (χ1v) is 5.83. The molecule has 1 aromatic carbocycles. The van der Waals surface area contributed by atoms with Gasteiger partial charge >= 0.3 is 0 Å². The van der Waals surface area contributed by atoms with Crippen LogP contribution in [0.2, 0.25) is 0 Å². The third-order valence-electron chi connectivity index (χ3n) is 2.98. The van der Waals surface area contributed by atoms with Crippen LogP contribution in [0.3, 0.4) is 0 Å². The van der Waals surface area contributed by atoms with Crippen molar-refractivity contribution in [1.29, 1.82) is 0 Å². The maximum atomic E-state index is 13.7. The minimum Gasteiger partial charge on any atom is -0.494 e. The SMILES string of the molecule is COc1ccc(N(C)c2ccc(N)c(C)n2)cc1F. The summed E-state index contributed by atoms with van der Waals surface area (Å²) in [4.78, 5) is 6.16. The molecular formula is C14H16FN3O. The Balaban J connectivity index is 2.35. The van der Waals surface area contributed by atoms with Crippen molar-refractivity contribution >= 4 is 17.2 Å². The average molecular weight is 261 g/mol. The Labute approximate surface area is 111 Å². The smallest absolute Gasteiger partial charge is 0.167 e. The lowest BCUT2D eigenvalue weighted by Gasteiger charge is -2.19. The first-order valence-electron chi connectivity index (χ1n) is 5.83. The van der Waals surface area contributed by atoms with E-state index in [9.17, 15) is 4.39 Å². The van der Waals surface area contributed by atoms with Crippen LogP contribution in [-0.2, 0) is 0 Å². The highest BCUT2D eigenvalue weighted by molar-refractivity contribution is 5.62. The number of aryl methyl sites for hydroxylation is 1. The zero-order valence-electron chi connectivity index (χ0n) is 11.1. The van der Waals surface area contributed by atoms with Gasteiger partial charge in [-0.2, -0.15) is 0 Å². The number of anilines is 3. The van der Waals surface area contributed by atoms with Gasteiger partial charge in [-0.15, -0.1) is 0 Å². The number of ether oxygens (including phenoxy) is 1. The van der Waals surface area contributed by atoms with E-state index >= 15 is 0 Å². The lowest BCUT2D eigenvalue weighted by molar-refractivity contribution is 0.386. The number of hydrogen-bond acceptors (Lipinski definition) is 4. The first kappa shape index (κ1) is 13.1. The Morgan fingerprint density at radius 1 is 1.26 bits per heavy atom. The van der Waals surface area contributed by atoms with Gasteiger partial charge in [0.25, 0.3) is 0 Å². The topological polar surface area (TPSA) is 51.4 Å². The predicted molar refractivity (Wildman–Crippen MR) is 74.4 cm³/mol. The number of methoxy groups -OCH3 is 1. The molecule has 0 atom stereocenters. The molecule has 100 valence electrons. The van der Waals surface area contributed by atoms with Crippen molar-refractivity contribution in [2.45, 2.75) is 6.92 Å². The highest BCUT2D eigenvalue weighted by Crippen LogP contribution is 2.27. The summed E-state index contributed by atoms with van der Waals surface area (Å²) in [6.07, 6.45) is 0. The number of benzene rings is 1. The summed E-state index contributed by atoms with van der Waals surface area (Å²) in [5.41, 5.74) is 7.81. The lowest BCUT2D eigenvalue weighted by Crippen LogP contribution is -2.12. The molecule has 0 unspecified atom stereocenters. The van der Waals surface area contributed by atoms with E-state index in [4.69, 9.17) is 10.5 Å². The molecule has 1 aromatic heterocycles. The Hall–Kier alpha value is -2.30. The van der Waals surface area contributed by atoms with Gasteiger partial charge in [-0.05, 0) is 31.2 Å².